The van der Waals surface area contributed by atoms with E-state index in [1.54, 1.807) is 6.26 Å². The van der Waals surface area contributed by atoms with Gasteiger partial charge in [0.1, 0.15) is 0 Å². The van der Waals surface area contributed by atoms with E-state index in [0.29, 0.717) is 6.61 Å². The molecule has 0 spiro atoms. The molecule has 0 saturated heterocycles. The average Bonchev–Trinajstić information content (AvgIpc) is 2.85. The molecule has 0 radical (unpaired) electrons. The summed E-state index contributed by atoms with van der Waals surface area (Å²) in [5.74, 6) is 0. The van der Waals surface area contributed by atoms with Gasteiger partial charge in [-0.3, -0.25) is 0 Å². The molecule has 2 rings (SSSR count). The van der Waals surface area contributed by atoms with Crippen molar-refractivity contribution < 1.29 is 4.74 Å². The molecule has 0 unspecified atom stereocenters. The van der Waals surface area contributed by atoms with Gasteiger partial charge in [0.25, 0.3) is 0 Å². The summed E-state index contributed by atoms with van der Waals surface area (Å²) in [6, 6.07) is 10.6. The van der Waals surface area contributed by atoms with Crippen molar-refractivity contribution in [2.45, 2.75) is 34.1 Å². The lowest BCUT2D eigenvalue weighted by atomic mass is 9.93. The van der Waals surface area contributed by atoms with E-state index in [9.17, 15) is 0 Å². The normalized spacial score (nSPS) is 14.3. The number of benzene rings is 1. The summed E-state index contributed by atoms with van der Waals surface area (Å²) in [7, 11) is 6.15. The van der Waals surface area contributed by atoms with Crippen molar-refractivity contribution in [2.75, 3.05) is 40.8 Å². The molecule has 1 aromatic carbocycles. The van der Waals surface area contributed by atoms with Gasteiger partial charge >= 0.3 is 0 Å². The highest BCUT2D eigenvalue weighted by Gasteiger charge is 2.06. The Morgan fingerprint density at radius 1 is 1.18 bits per heavy atom. The van der Waals surface area contributed by atoms with Gasteiger partial charge in [-0.25, -0.2) is 0 Å². The van der Waals surface area contributed by atoms with Gasteiger partial charge in [0.2, 0.25) is 0 Å². The molecule has 0 atom stereocenters. The number of hydrogen-bond acceptors (Lipinski definition) is 3. The zero-order chi connectivity index (χ0) is 25.8. The number of allylic oxidation sites excluding steroid dienone is 9. The lowest BCUT2D eigenvalue weighted by Gasteiger charge is -2.14. The molecule has 3 heteroatoms. The van der Waals surface area contributed by atoms with Gasteiger partial charge in [-0.05, 0) is 81.9 Å². The molecule has 1 aliphatic heterocycles. The molecular formula is C31H46N2O. The number of ether oxygens (including phenoxy) is 1. The zero-order valence-corrected chi connectivity index (χ0v) is 22.6. The average molecular weight is 463 g/mol. The van der Waals surface area contributed by atoms with Crippen LogP contribution in [-0.4, -0.2) is 50.6 Å². The van der Waals surface area contributed by atoms with Crippen molar-refractivity contribution in [3.8, 4) is 0 Å². The maximum absolute atomic E-state index is 5.52. The van der Waals surface area contributed by atoms with Crippen molar-refractivity contribution in [3.63, 3.8) is 0 Å². The second-order valence-electron chi connectivity index (χ2n) is 8.15. The minimum Gasteiger partial charge on any atom is -0.500 e. The van der Waals surface area contributed by atoms with E-state index in [0.717, 1.165) is 19.5 Å². The van der Waals surface area contributed by atoms with Crippen LogP contribution in [-0.2, 0) is 4.74 Å². The second-order valence-corrected chi connectivity index (χ2v) is 8.15. The van der Waals surface area contributed by atoms with Crippen molar-refractivity contribution in [2.24, 2.45) is 0 Å². The molecule has 34 heavy (non-hydrogen) atoms. The van der Waals surface area contributed by atoms with E-state index in [1.165, 1.54) is 27.9 Å². The highest BCUT2D eigenvalue weighted by Crippen LogP contribution is 2.27. The quantitative estimate of drug-likeness (QED) is 0.162. The number of rotatable bonds is 9. The van der Waals surface area contributed by atoms with E-state index in [4.69, 9.17) is 4.74 Å². The maximum atomic E-state index is 5.52. The fourth-order valence-corrected chi connectivity index (χ4v) is 3.15. The van der Waals surface area contributed by atoms with E-state index in [2.05, 4.69) is 118 Å². The summed E-state index contributed by atoms with van der Waals surface area (Å²) >= 11 is 0. The molecular weight excluding hydrogens is 416 g/mol. The molecule has 0 bridgehead atoms. The first-order chi connectivity index (χ1) is 16.4. The van der Waals surface area contributed by atoms with E-state index >= 15 is 0 Å². The molecule has 1 aromatic rings. The Morgan fingerprint density at radius 3 is 2.35 bits per heavy atom. The topological polar surface area (TPSA) is 15.7 Å². The van der Waals surface area contributed by atoms with Crippen LogP contribution in [0.1, 0.15) is 39.7 Å². The van der Waals surface area contributed by atoms with Gasteiger partial charge in [-0.2, -0.15) is 0 Å². The largest absolute Gasteiger partial charge is 0.500 e. The Labute approximate surface area is 209 Å². The van der Waals surface area contributed by atoms with Gasteiger partial charge in [0, 0.05) is 20.1 Å². The lowest BCUT2D eigenvalue weighted by Crippen LogP contribution is -2.16. The predicted octanol–water partition coefficient (Wildman–Crippen LogP) is 7.66. The summed E-state index contributed by atoms with van der Waals surface area (Å²) in [6.45, 7) is 17.2. The minimum atomic E-state index is 0.704. The molecule has 0 aromatic heterocycles. The molecule has 1 aliphatic rings. The van der Waals surface area contributed by atoms with Crippen LogP contribution in [0.2, 0.25) is 0 Å². The summed E-state index contributed by atoms with van der Waals surface area (Å²) in [5, 5.41) is 0. The van der Waals surface area contributed by atoms with Crippen LogP contribution in [0.3, 0.4) is 0 Å². The predicted molar refractivity (Wildman–Crippen MR) is 153 cm³/mol. The van der Waals surface area contributed by atoms with Crippen LogP contribution in [0.15, 0.2) is 109 Å². The van der Waals surface area contributed by atoms with E-state index < -0.39 is 0 Å². The van der Waals surface area contributed by atoms with Crippen LogP contribution in [0.25, 0.3) is 5.57 Å². The molecule has 0 amide bonds. The van der Waals surface area contributed by atoms with Gasteiger partial charge in [-0.1, -0.05) is 67.1 Å². The van der Waals surface area contributed by atoms with Gasteiger partial charge < -0.3 is 14.5 Å². The van der Waals surface area contributed by atoms with Crippen molar-refractivity contribution >= 4 is 5.57 Å². The number of hydrogen-bond donors (Lipinski definition) is 0. The Morgan fingerprint density at radius 2 is 1.85 bits per heavy atom. The summed E-state index contributed by atoms with van der Waals surface area (Å²) in [6.07, 6.45) is 17.5. The Kier molecular flexibility index (Phi) is 17.7. The van der Waals surface area contributed by atoms with Crippen LogP contribution in [0.5, 0.6) is 0 Å². The molecule has 0 saturated carbocycles. The van der Waals surface area contributed by atoms with Crippen molar-refractivity contribution in [1.29, 1.82) is 0 Å². The number of likely N-dealkylation sites (N-methyl/N-ethyl adjacent to an activating group) is 2. The Bertz CT molecular complexity index is 855. The Hall–Kier alpha value is -3.04. The van der Waals surface area contributed by atoms with Gasteiger partial charge in [0.05, 0.1) is 12.9 Å². The highest BCUT2D eigenvalue weighted by molar-refractivity contribution is 5.73. The van der Waals surface area contributed by atoms with Gasteiger partial charge in [-0.15, -0.1) is 13.2 Å². The first-order valence-electron chi connectivity index (χ1n) is 12.0. The SMILES string of the molecule is C=C.CC1=CCN(C)C=C1.C\C=C/C(=C\C=C\OCCN(C)C)C(/C)=C(/CC)c1ccccc1. The van der Waals surface area contributed by atoms with Gasteiger partial charge in [0.15, 0.2) is 0 Å². The van der Waals surface area contributed by atoms with Crippen LogP contribution < -0.4 is 0 Å². The second kappa shape index (κ2) is 19.4. The van der Waals surface area contributed by atoms with Crippen LogP contribution in [0, 0.1) is 0 Å². The lowest BCUT2D eigenvalue weighted by molar-refractivity contribution is 0.212. The monoisotopic (exact) mass is 462 g/mol. The zero-order valence-electron chi connectivity index (χ0n) is 22.6. The summed E-state index contributed by atoms with van der Waals surface area (Å²) in [5.41, 5.74) is 6.55. The smallest absolute Gasteiger partial charge is 0.0999 e. The number of nitrogens with zero attached hydrogens (tertiary/aromatic N) is 2. The Balaban J connectivity index is 0.000000904. The fraction of sp³-hybridized carbons (Fsp3) is 0.355. The van der Waals surface area contributed by atoms with Crippen molar-refractivity contribution in [1.82, 2.24) is 9.80 Å². The molecule has 0 fully saturated rings. The molecule has 0 aliphatic carbocycles. The van der Waals surface area contributed by atoms with E-state index in [1.807, 2.05) is 27.1 Å². The molecule has 0 N–H and O–H groups in total. The first-order valence-corrected chi connectivity index (χ1v) is 12.0. The van der Waals surface area contributed by atoms with Crippen molar-refractivity contribution in [3.05, 3.63) is 115 Å². The summed E-state index contributed by atoms with van der Waals surface area (Å²) in [4.78, 5) is 4.25. The fourth-order valence-electron chi connectivity index (χ4n) is 3.15. The van der Waals surface area contributed by atoms with Crippen LogP contribution in [0.4, 0.5) is 0 Å². The molecule has 3 nitrogen and oxygen atoms in total. The third-order valence-electron chi connectivity index (χ3n) is 5.11. The highest BCUT2D eigenvalue weighted by atomic mass is 16.5. The summed E-state index contributed by atoms with van der Waals surface area (Å²) < 4.78 is 5.52. The van der Waals surface area contributed by atoms with E-state index in [-0.39, 0.29) is 0 Å². The van der Waals surface area contributed by atoms with Crippen LogP contribution >= 0.6 is 0 Å². The standard InChI is InChI=1S/C22H31NO.C7H11N.C2H4/c1-6-12-20(15-11-17-24-18-16-23(4)5)19(3)22(7-2)21-13-9-8-10-14-21;1-7-3-5-8(2)6-4-7;1-2/h6,8-15,17H,7,16,18H2,1-5H3;3-5H,6H2,1-2H3;1-2H2/b12-6-,17-11+,20-15+,22-19-;;. The minimum absolute atomic E-state index is 0.704. The molecule has 186 valence electrons. The third-order valence-corrected chi connectivity index (χ3v) is 5.11. The molecule has 1 heterocycles. The third kappa shape index (κ3) is 13.5. The first kappa shape index (κ1) is 31.0. The maximum Gasteiger partial charge on any atom is 0.0999 e.